The Kier molecular flexibility index (Phi) is 10.5. The molecule has 5 heteroatoms. The standard InChI is InChI=1S/C38H50N4O/c43-38(42(35-19-22-39-23-20-35)30-31-11-4-1-5-12-31)34-17-10-18-36(29-34)41-27-25-40(26-28-41)24-21-37(32-13-6-2-7-14-32)33-15-8-3-9-16-33/h2-3,6-10,13-18,29,31,35,37,39H,1,4-5,11-12,19-28,30H2. The van der Waals surface area contributed by atoms with E-state index in [-0.39, 0.29) is 5.91 Å². The van der Waals surface area contributed by atoms with Crippen LogP contribution in [0.15, 0.2) is 84.9 Å². The number of hydrogen-bond acceptors (Lipinski definition) is 4. The van der Waals surface area contributed by atoms with Crippen molar-refractivity contribution in [2.75, 3.05) is 57.3 Å². The molecule has 0 radical (unpaired) electrons. The number of carbonyl (C=O) groups excluding carboxylic acids is 1. The molecule has 2 heterocycles. The van der Waals surface area contributed by atoms with E-state index in [0.29, 0.717) is 17.9 Å². The molecule has 2 aliphatic heterocycles. The van der Waals surface area contributed by atoms with Gasteiger partial charge in [-0.2, -0.15) is 0 Å². The van der Waals surface area contributed by atoms with Crippen LogP contribution in [0.1, 0.15) is 78.8 Å². The van der Waals surface area contributed by atoms with Gasteiger partial charge in [-0.25, -0.2) is 0 Å². The molecule has 1 aliphatic carbocycles. The van der Waals surface area contributed by atoms with Gasteiger partial charge < -0.3 is 15.1 Å². The lowest BCUT2D eigenvalue weighted by Crippen LogP contribution is -2.48. The Morgan fingerprint density at radius 3 is 2.07 bits per heavy atom. The number of piperidine rings is 1. The number of anilines is 1. The summed E-state index contributed by atoms with van der Waals surface area (Å²) in [6, 6.07) is 30.8. The highest BCUT2D eigenvalue weighted by Crippen LogP contribution is 2.30. The van der Waals surface area contributed by atoms with Crippen molar-refractivity contribution < 1.29 is 4.79 Å². The lowest BCUT2D eigenvalue weighted by Gasteiger charge is -2.38. The normalized spacial score (nSPS) is 19.0. The van der Waals surface area contributed by atoms with Crippen molar-refractivity contribution in [2.45, 2.75) is 63.3 Å². The van der Waals surface area contributed by atoms with Crippen molar-refractivity contribution >= 4 is 11.6 Å². The number of amides is 1. The van der Waals surface area contributed by atoms with E-state index in [1.165, 1.54) is 48.9 Å². The van der Waals surface area contributed by atoms with Crippen molar-refractivity contribution in [3.05, 3.63) is 102 Å². The van der Waals surface area contributed by atoms with Gasteiger partial charge >= 0.3 is 0 Å². The fourth-order valence-corrected chi connectivity index (χ4v) is 7.60. The van der Waals surface area contributed by atoms with Crippen LogP contribution in [0.3, 0.4) is 0 Å². The van der Waals surface area contributed by atoms with Crippen molar-refractivity contribution in [3.63, 3.8) is 0 Å². The highest BCUT2D eigenvalue weighted by molar-refractivity contribution is 5.95. The molecule has 0 spiro atoms. The summed E-state index contributed by atoms with van der Waals surface area (Å²) in [5.41, 5.74) is 4.86. The highest BCUT2D eigenvalue weighted by atomic mass is 16.2. The molecule has 1 amide bonds. The van der Waals surface area contributed by atoms with Gasteiger partial charge in [0.2, 0.25) is 0 Å². The van der Waals surface area contributed by atoms with Gasteiger partial charge in [0.1, 0.15) is 0 Å². The largest absolute Gasteiger partial charge is 0.369 e. The smallest absolute Gasteiger partial charge is 0.254 e. The Balaban J connectivity index is 1.07. The molecular weight excluding hydrogens is 528 g/mol. The predicted molar refractivity (Wildman–Crippen MR) is 178 cm³/mol. The summed E-state index contributed by atoms with van der Waals surface area (Å²) < 4.78 is 0. The van der Waals surface area contributed by atoms with Gasteiger partial charge in [0.25, 0.3) is 5.91 Å². The summed E-state index contributed by atoms with van der Waals surface area (Å²) in [4.78, 5) is 21.4. The van der Waals surface area contributed by atoms with E-state index >= 15 is 0 Å². The molecule has 43 heavy (non-hydrogen) atoms. The minimum absolute atomic E-state index is 0.242. The molecule has 0 aromatic heterocycles. The van der Waals surface area contributed by atoms with Crippen LogP contribution in [0, 0.1) is 5.92 Å². The Bertz CT molecular complexity index is 1220. The molecule has 3 fully saturated rings. The van der Waals surface area contributed by atoms with Gasteiger partial charge in [-0.3, -0.25) is 9.69 Å². The number of carbonyl (C=O) groups is 1. The Morgan fingerprint density at radius 2 is 1.42 bits per heavy atom. The summed E-state index contributed by atoms with van der Waals surface area (Å²) in [6.45, 7) is 8.15. The molecule has 0 atom stereocenters. The zero-order valence-electron chi connectivity index (χ0n) is 25.9. The second kappa shape index (κ2) is 15.0. The minimum Gasteiger partial charge on any atom is -0.369 e. The molecule has 6 rings (SSSR count). The summed E-state index contributed by atoms with van der Waals surface area (Å²) in [6.07, 6.45) is 9.79. The molecule has 5 nitrogen and oxygen atoms in total. The summed E-state index contributed by atoms with van der Waals surface area (Å²) >= 11 is 0. The summed E-state index contributed by atoms with van der Waals surface area (Å²) in [5.74, 6) is 1.32. The quantitative estimate of drug-likeness (QED) is 0.287. The maximum absolute atomic E-state index is 14.1. The maximum Gasteiger partial charge on any atom is 0.254 e. The summed E-state index contributed by atoms with van der Waals surface area (Å²) in [5, 5.41) is 3.49. The van der Waals surface area contributed by atoms with Crippen LogP contribution in [0.25, 0.3) is 0 Å². The Morgan fingerprint density at radius 1 is 0.767 bits per heavy atom. The van der Waals surface area contributed by atoms with Crippen LogP contribution < -0.4 is 10.2 Å². The van der Waals surface area contributed by atoms with Crippen molar-refractivity contribution in [3.8, 4) is 0 Å². The van der Waals surface area contributed by atoms with E-state index in [1.54, 1.807) is 0 Å². The molecule has 3 aromatic carbocycles. The monoisotopic (exact) mass is 578 g/mol. The average Bonchev–Trinajstić information content (AvgIpc) is 3.09. The average molecular weight is 579 g/mol. The first-order valence-electron chi connectivity index (χ1n) is 16.9. The highest BCUT2D eigenvalue weighted by Gasteiger charge is 2.30. The number of hydrogen-bond donors (Lipinski definition) is 1. The topological polar surface area (TPSA) is 38.8 Å². The van der Waals surface area contributed by atoms with Gasteiger partial charge in [0.05, 0.1) is 0 Å². The van der Waals surface area contributed by atoms with Crippen LogP contribution in [-0.4, -0.2) is 74.1 Å². The lowest BCUT2D eigenvalue weighted by molar-refractivity contribution is 0.0581. The second-order valence-electron chi connectivity index (χ2n) is 13.0. The van der Waals surface area contributed by atoms with Gasteiger partial charge in [-0.1, -0.05) is 86.0 Å². The SMILES string of the molecule is O=C(c1cccc(N2CCN(CCC(c3ccccc3)c3ccccc3)CC2)c1)N(CC1CCCCC1)C1CCNCC1. The molecule has 3 aromatic rings. The zero-order chi connectivity index (χ0) is 29.3. The number of rotatable bonds is 10. The molecule has 0 bridgehead atoms. The predicted octanol–water partition coefficient (Wildman–Crippen LogP) is 6.81. The van der Waals surface area contributed by atoms with Crippen LogP contribution >= 0.6 is 0 Å². The van der Waals surface area contributed by atoms with Crippen molar-refractivity contribution in [1.82, 2.24) is 15.1 Å². The number of piperazine rings is 1. The third-order valence-electron chi connectivity index (χ3n) is 10.2. The van der Waals surface area contributed by atoms with E-state index in [9.17, 15) is 4.79 Å². The van der Waals surface area contributed by atoms with Gasteiger partial charge in [0, 0.05) is 55.9 Å². The van der Waals surface area contributed by atoms with Crippen LogP contribution in [-0.2, 0) is 0 Å². The van der Waals surface area contributed by atoms with Gasteiger partial charge in [0.15, 0.2) is 0 Å². The van der Waals surface area contributed by atoms with E-state index < -0.39 is 0 Å². The Labute approximate surface area is 259 Å². The zero-order valence-corrected chi connectivity index (χ0v) is 25.9. The maximum atomic E-state index is 14.1. The van der Waals surface area contributed by atoms with Gasteiger partial charge in [-0.05, 0) is 87.0 Å². The lowest BCUT2D eigenvalue weighted by atomic mass is 9.88. The third kappa shape index (κ3) is 7.87. The van der Waals surface area contributed by atoms with E-state index in [2.05, 4.69) is 98.9 Å². The first kappa shape index (κ1) is 29.9. The second-order valence-corrected chi connectivity index (χ2v) is 13.0. The molecule has 228 valence electrons. The first-order valence-corrected chi connectivity index (χ1v) is 16.9. The molecule has 3 aliphatic rings. The first-order chi connectivity index (χ1) is 21.2. The van der Waals surface area contributed by atoms with Crippen LogP contribution in [0.4, 0.5) is 5.69 Å². The van der Waals surface area contributed by atoms with Gasteiger partial charge in [-0.15, -0.1) is 0 Å². The van der Waals surface area contributed by atoms with E-state index in [0.717, 1.165) is 77.2 Å². The van der Waals surface area contributed by atoms with Crippen LogP contribution in [0.2, 0.25) is 0 Å². The molecule has 2 saturated heterocycles. The third-order valence-corrected chi connectivity index (χ3v) is 10.2. The van der Waals surface area contributed by atoms with E-state index in [1.807, 2.05) is 6.07 Å². The minimum atomic E-state index is 0.242. The fraction of sp³-hybridized carbons (Fsp3) is 0.500. The van der Waals surface area contributed by atoms with Crippen molar-refractivity contribution in [1.29, 1.82) is 0 Å². The summed E-state index contributed by atoms with van der Waals surface area (Å²) in [7, 11) is 0. The molecule has 1 saturated carbocycles. The Hall–Kier alpha value is -3.15. The molecule has 1 N–H and O–H groups in total. The number of nitrogens with one attached hydrogen (secondary N) is 1. The number of nitrogens with zero attached hydrogens (tertiary/aromatic N) is 3. The van der Waals surface area contributed by atoms with E-state index in [4.69, 9.17) is 0 Å². The molecular formula is C38H50N4O. The number of benzene rings is 3. The van der Waals surface area contributed by atoms with Crippen molar-refractivity contribution in [2.24, 2.45) is 5.92 Å². The van der Waals surface area contributed by atoms with Crippen LogP contribution in [0.5, 0.6) is 0 Å². The molecule has 0 unspecified atom stereocenters. The fourth-order valence-electron chi connectivity index (χ4n) is 7.60.